The number of aromatic amines is 1. The maximum atomic E-state index is 12.8. The average Bonchev–Trinajstić information content (AvgIpc) is 3.04. The number of benzene rings is 2. The lowest BCUT2D eigenvalue weighted by atomic mass is 10.1. The smallest absolute Gasteiger partial charge is 0.255 e. The van der Waals surface area contributed by atoms with E-state index in [1.807, 2.05) is 56.3 Å². The maximum absolute atomic E-state index is 12.8. The molecular weight excluding hydrogens is 402 g/mol. The molecule has 1 heterocycles. The molecule has 5 nitrogen and oxygen atoms in total. The van der Waals surface area contributed by atoms with Crippen molar-refractivity contribution in [3.05, 3.63) is 80.2 Å². The van der Waals surface area contributed by atoms with Crippen LogP contribution in [-0.2, 0) is 11.2 Å². The monoisotopic (exact) mass is 425 g/mol. The molecule has 0 fully saturated rings. The number of aryl methyl sites for hydroxylation is 1. The van der Waals surface area contributed by atoms with Gasteiger partial charge in [-0.25, -0.2) is 0 Å². The molecule has 0 radical (unpaired) electrons. The fraction of sp³-hybridized carbons (Fsp3) is 0.227. The van der Waals surface area contributed by atoms with Gasteiger partial charge in [0.1, 0.15) is 0 Å². The van der Waals surface area contributed by atoms with Gasteiger partial charge >= 0.3 is 0 Å². The summed E-state index contributed by atoms with van der Waals surface area (Å²) in [6.07, 6.45) is 0.314. The van der Waals surface area contributed by atoms with E-state index < -0.39 is 0 Å². The normalized spacial score (nSPS) is 11.7. The van der Waals surface area contributed by atoms with Crippen LogP contribution in [0, 0.1) is 10.9 Å². The van der Waals surface area contributed by atoms with Crippen LogP contribution in [0.2, 0.25) is 0 Å². The van der Waals surface area contributed by atoms with Crippen LogP contribution in [0.5, 0.6) is 0 Å². The highest BCUT2D eigenvalue weighted by Crippen LogP contribution is 2.24. The van der Waals surface area contributed by atoms with Crippen molar-refractivity contribution in [3.8, 4) is 0 Å². The summed E-state index contributed by atoms with van der Waals surface area (Å²) in [5.41, 5.74) is 3.19. The molecule has 2 amide bonds. The lowest BCUT2D eigenvalue weighted by Crippen LogP contribution is -2.31. The van der Waals surface area contributed by atoms with Gasteiger partial charge < -0.3 is 15.2 Å². The van der Waals surface area contributed by atoms with Crippen molar-refractivity contribution in [1.29, 1.82) is 0 Å². The largest absolute Gasteiger partial charge is 0.341 e. The molecule has 0 aliphatic rings. The van der Waals surface area contributed by atoms with E-state index in [1.54, 1.807) is 24.1 Å². The zero-order valence-corrected chi connectivity index (χ0v) is 18.2. The number of amides is 2. The minimum Gasteiger partial charge on any atom is -0.341 e. The zero-order valence-electron chi connectivity index (χ0n) is 16.6. The first-order valence-electron chi connectivity index (χ1n) is 9.25. The Hall–Kier alpha value is -2.77. The number of H-pyrrole nitrogens is 1. The van der Waals surface area contributed by atoms with E-state index in [4.69, 9.17) is 12.2 Å². The molecule has 1 unspecified atom stereocenters. The summed E-state index contributed by atoms with van der Waals surface area (Å²) in [5, 5.41) is 2.92. The number of aromatic nitrogens is 1. The van der Waals surface area contributed by atoms with E-state index in [-0.39, 0.29) is 17.9 Å². The van der Waals surface area contributed by atoms with Crippen LogP contribution in [-0.4, -0.2) is 28.7 Å². The van der Waals surface area contributed by atoms with Crippen molar-refractivity contribution in [2.24, 2.45) is 0 Å². The molecule has 2 aromatic carbocycles. The Labute approximate surface area is 179 Å². The summed E-state index contributed by atoms with van der Waals surface area (Å²) in [5.74, 6) is -0.145. The SMILES string of the molecule is Cc1[nH]c(=S)sc1CC(=O)N(C)C(C)c1cccc(NC(=O)c2ccccc2)c1. The van der Waals surface area contributed by atoms with Gasteiger partial charge in [-0.3, -0.25) is 9.59 Å². The van der Waals surface area contributed by atoms with Gasteiger partial charge in [-0.05, 0) is 55.9 Å². The summed E-state index contributed by atoms with van der Waals surface area (Å²) < 4.78 is 0.683. The van der Waals surface area contributed by atoms with E-state index in [1.165, 1.54) is 11.3 Å². The molecule has 0 saturated heterocycles. The van der Waals surface area contributed by atoms with Crippen molar-refractivity contribution < 1.29 is 9.59 Å². The van der Waals surface area contributed by atoms with Crippen LogP contribution < -0.4 is 5.32 Å². The molecule has 29 heavy (non-hydrogen) atoms. The second-order valence-electron chi connectivity index (χ2n) is 6.87. The molecule has 150 valence electrons. The van der Waals surface area contributed by atoms with Crippen molar-refractivity contribution in [3.63, 3.8) is 0 Å². The number of carbonyl (C=O) groups excluding carboxylic acids is 2. The fourth-order valence-electron chi connectivity index (χ4n) is 2.98. The highest BCUT2D eigenvalue weighted by Gasteiger charge is 2.19. The van der Waals surface area contributed by atoms with Crippen molar-refractivity contribution in [1.82, 2.24) is 9.88 Å². The summed E-state index contributed by atoms with van der Waals surface area (Å²) in [7, 11) is 1.80. The zero-order chi connectivity index (χ0) is 21.0. The van der Waals surface area contributed by atoms with Crippen LogP contribution in [0.25, 0.3) is 0 Å². The number of rotatable bonds is 6. The predicted octanol–water partition coefficient (Wildman–Crippen LogP) is 5.13. The van der Waals surface area contributed by atoms with Gasteiger partial charge in [0.25, 0.3) is 5.91 Å². The van der Waals surface area contributed by atoms with Crippen LogP contribution in [0.3, 0.4) is 0 Å². The molecule has 2 N–H and O–H groups in total. The predicted molar refractivity (Wildman–Crippen MR) is 120 cm³/mol. The molecule has 1 aromatic heterocycles. The minimum atomic E-state index is -0.163. The van der Waals surface area contributed by atoms with Gasteiger partial charge in [0.2, 0.25) is 5.91 Å². The first-order chi connectivity index (χ1) is 13.8. The molecular formula is C22H23N3O2S2. The third kappa shape index (κ3) is 5.19. The third-order valence-electron chi connectivity index (χ3n) is 4.87. The Morgan fingerprint density at radius 1 is 1.17 bits per heavy atom. The van der Waals surface area contributed by atoms with Crippen LogP contribution in [0.1, 0.15) is 39.5 Å². The van der Waals surface area contributed by atoms with E-state index >= 15 is 0 Å². The molecule has 7 heteroatoms. The fourth-order valence-corrected chi connectivity index (χ4v) is 4.26. The number of hydrogen-bond acceptors (Lipinski definition) is 4. The van der Waals surface area contributed by atoms with E-state index in [0.29, 0.717) is 21.6 Å². The molecule has 1 atom stereocenters. The molecule has 3 aromatic rings. The molecule has 0 aliphatic heterocycles. The number of nitrogens with zero attached hydrogens (tertiary/aromatic N) is 1. The van der Waals surface area contributed by atoms with E-state index in [9.17, 15) is 9.59 Å². The van der Waals surface area contributed by atoms with Gasteiger partial charge in [0.15, 0.2) is 3.95 Å². The highest BCUT2D eigenvalue weighted by molar-refractivity contribution is 7.73. The summed E-state index contributed by atoms with van der Waals surface area (Å²) >= 11 is 6.59. The molecule has 3 rings (SSSR count). The number of thiazole rings is 1. The maximum Gasteiger partial charge on any atom is 0.255 e. The van der Waals surface area contributed by atoms with E-state index in [0.717, 1.165) is 16.1 Å². The van der Waals surface area contributed by atoms with Crippen molar-refractivity contribution in [2.45, 2.75) is 26.3 Å². The topological polar surface area (TPSA) is 65.2 Å². The Morgan fingerprint density at radius 3 is 2.55 bits per heavy atom. The Kier molecular flexibility index (Phi) is 6.61. The summed E-state index contributed by atoms with van der Waals surface area (Å²) in [4.78, 5) is 30.9. The Balaban J connectivity index is 1.70. The van der Waals surface area contributed by atoms with Crippen LogP contribution in [0.4, 0.5) is 5.69 Å². The van der Waals surface area contributed by atoms with Gasteiger partial charge in [0, 0.05) is 28.9 Å². The van der Waals surface area contributed by atoms with Crippen LogP contribution >= 0.6 is 23.6 Å². The number of likely N-dealkylation sites (N-methyl/N-ethyl adjacent to an activating group) is 1. The van der Waals surface area contributed by atoms with Crippen LogP contribution in [0.15, 0.2) is 54.6 Å². The van der Waals surface area contributed by atoms with Gasteiger partial charge in [-0.1, -0.05) is 30.3 Å². The first kappa shape index (κ1) is 21.0. The number of carbonyl (C=O) groups is 2. The van der Waals surface area contributed by atoms with Gasteiger partial charge in [0.05, 0.1) is 12.5 Å². The Bertz CT molecular complexity index is 1070. The number of hydrogen-bond donors (Lipinski definition) is 2. The standard InChI is InChI=1S/C22H23N3O2S2/c1-14-19(29-22(28)23-14)13-20(26)25(3)15(2)17-10-7-11-18(12-17)24-21(27)16-8-5-4-6-9-16/h4-12,15H,13H2,1-3H3,(H,23,28)(H,24,27). The van der Waals surface area contributed by atoms with Gasteiger partial charge in [-0.2, -0.15) is 0 Å². The number of nitrogens with one attached hydrogen (secondary N) is 2. The second kappa shape index (κ2) is 9.15. The lowest BCUT2D eigenvalue weighted by molar-refractivity contribution is -0.131. The summed E-state index contributed by atoms with van der Waals surface area (Å²) in [6, 6.07) is 16.5. The highest BCUT2D eigenvalue weighted by atomic mass is 32.1. The van der Waals surface area contributed by atoms with Gasteiger partial charge in [-0.15, -0.1) is 11.3 Å². The second-order valence-corrected chi connectivity index (χ2v) is 8.64. The first-order valence-corrected chi connectivity index (χ1v) is 10.5. The molecule has 0 bridgehead atoms. The summed E-state index contributed by atoms with van der Waals surface area (Å²) in [6.45, 7) is 3.90. The lowest BCUT2D eigenvalue weighted by Gasteiger charge is -2.26. The van der Waals surface area contributed by atoms with E-state index in [2.05, 4.69) is 10.3 Å². The molecule has 0 saturated carbocycles. The van der Waals surface area contributed by atoms with Crippen molar-refractivity contribution in [2.75, 3.05) is 12.4 Å². The minimum absolute atomic E-state index is 0.0181. The molecule has 0 aliphatic carbocycles. The number of anilines is 1. The molecule has 0 spiro atoms. The third-order valence-corrected chi connectivity index (χ3v) is 6.21. The Morgan fingerprint density at radius 2 is 1.90 bits per heavy atom. The average molecular weight is 426 g/mol. The quantitative estimate of drug-likeness (QED) is 0.538. The van der Waals surface area contributed by atoms with Crippen molar-refractivity contribution >= 4 is 41.1 Å².